The zero-order valence-corrected chi connectivity index (χ0v) is 9.27. The van der Waals surface area contributed by atoms with Gasteiger partial charge in [0.15, 0.2) is 0 Å². The van der Waals surface area contributed by atoms with Gasteiger partial charge in [0, 0.05) is 18.4 Å². The molecular weight excluding hydrogens is 208 g/mol. The lowest BCUT2D eigenvalue weighted by Gasteiger charge is -2.03. The smallest absolute Gasteiger partial charge is 0.322 e. The summed E-state index contributed by atoms with van der Waals surface area (Å²) in [6.07, 6.45) is 3.22. The fourth-order valence-corrected chi connectivity index (χ4v) is 1.32. The van der Waals surface area contributed by atoms with E-state index in [2.05, 4.69) is 15.5 Å². The standard InChI is InChI=1S/C10H16N4O2/c1-6(11)2-5-8(15)12-10-14-13-9(16-10)7-3-4-7/h6-7H,2-5,11H2,1H3,(H,12,14,15). The lowest BCUT2D eigenvalue weighted by atomic mass is 10.2. The molecule has 1 atom stereocenters. The Hall–Kier alpha value is -1.43. The Bertz CT molecular complexity index is 371. The molecule has 0 radical (unpaired) electrons. The molecule has 2 rings (SSSR count). The minimum Gasteiger partial charge on any atom is -0.408 e. The third-order valence-corrected chi connectivity index (χ3v) is 2.44. The summed E-state index contributed by atoms with van der Waals surface area (Å²) in [5.41, 5.74) is 5.55. The molecular formula is C10H16N4O2. The van der Waals surface area contributed by atoms with Crippen LogP contribution < -0.4 is 11.1 Å². The average molecular weight is 224 g/mol. The van der Waals surface area contributed by atoms with E-state index in [1.807, 2.05) is 6.92 Å². The average Bonchev–Trinajstić information content (AvgIpc) is 2.98. The number of amides is 1. The molecule has 3 N–H and O–H groups in total. The van der Waals surface area contributed by atoms with Crippen molar-refractivity contribution in [1.29, 1.82) is 0 Å². The first kappa shape index (κ1) is 11.1. The Labute approximate surface area is 93.6 Å². The molecule has 1 fully saturated rings. The van der Waals surface area contributed by atoms with Crippen LogP contribution in [0.15, 0.2) is 4.42 Å². The molecule has 1 saturated carbocycles. The Morgan fingerprint density at radius 3 is 3.00 bits per heavy atom. The maximum Gasteiger partial charge on any atom is 0.322 e. The van der Waals surface area contributed by atoms with Crippen molar-refractivity contribution in [2.45, 2.75) is 44.6 Å². The van der Waals surface area contributed by atoms with Crippen molar-refractivity contribution < 1.29 is 9.21 Å². The summed E-state index contributed by atoms with van der Waals surface area (Å²) in [5.74, 6) is 0.896. The van der Waals surface area contributed by atoms with E-state index in [1.165, 1.54) is 0 Å². The van der Waals surface area contributed by atoms with Crippen LogP contribution in [0, 0.1) is 0 Å². The van der Waals surface area contributed by atoms with Gasteiger partial charge in [-0.25, -0.2) is 0 Å². The molecule has 1 heterocycles. The minimum atomic E-state index is -0.136. The summed E-state index contributed by atoms with van der Waals surface area (Å²) >= 11 is 0. The molecule has 6 heteroatoms. The molecule has 0 aliphatic heterocycles. The highest BCUT2D eigenvalue weighted by Crippen LogP contribution is 2.39. The van der Waals surface area contributed by atoms with Gasteiger partial charge in [-0.15, -0.1) is 5.10 Å². The number of nitrogens with one attached hydrogen (secondary N) is 1. The molecule has 16 heavy (non-hydrogen) atoms. The molecule has 0 aromatic carbocycles. The summed E-state index contributed by atoms with van der Waals surface area (Å²) in [5, 5.41) is 10.2. The van der Waals surface area contributed by atoms with Gasteiger partial charge < -0.3 is 10.2 Å². The molecule has 0 bridgehead atoms. The first-order valence-corrected chi connectivity index (χ1v) is 5.54. The normalized spacial score (nSPS) is 17.1. The molecule has 1 aliphatic rings. The van der Waals surface area contributed by atoms with Crippen LogP contribution in [0.25, 0.3) is 0 Å². The number of carbonyl (C=O) groups is 1. The van der Waals surface area contributed by atoms with Crippen LogP contribution in [0.2, 0.25) is 0 Å². The lowest BCUT2D eigenvalue weighted by molar-refractivity contribution is -0.116. The maximum atomic E-state index is 11.4. The van der Waals surface area contributed by atoms with Crippen molar-refractivity contribution in [3.63, 3.8) is 0 Å². The van der Waals surface area contributed by atoms with E-state index < -0.39 is 0 Å². The summed E-state index contributed by atoms with van der Waals surface area (Å²) in [7, 11) is 0. The van der Waals surface area contributed by atoms with Crippen molar-refractivity contribution in [2.24, 2.45) is 5.73 Å². The van der Waals surface area contributed by atoms with Crippen molar-refractivity contribution in [3.8, 4) is 0 Å². The van der Waals surface area contributed by atoms with Crippen molar-refractivity contribution in [2.75, 3.05) is 5.32 Å². The highest BCUT2D eigenvalue weighted by Gasteiger charge is 2.29. The first-order valence-electron chi connectivity index (χ1n) is 5.54. The maximum absolute atomic E-state index is 11.4. The number of nitrogens with zero attached hydrogens (tertiary/aromatic N) is 2. The highest BCUT2D eigenvalue weighted by atomic mass is 16.4. The molecule has 0 spiro atoms. The highest BCUT2D eigenvalue weighted by molar-refractivity contribution is 5.88. The second-order valence-corrected chi connectivity index (χ2v) is 4.28. The van der Waals surface area contributed by atoms with Gasteiger partial charge in [0.2, 0.25) is 11.8 Å². The van der Waals surface area contributed by atoms with E-state index in [0.29, 0.717) is 24.7 Å². The monoisotopic (exact) mass is 224 g/mol. The van der Waals surface area contributed by atoms with Gasteiger partial charge >= 0.3 is 6.01 Å². The third kappa shape index (κ3) is 3.03. The largest absolute Gasteiger partial charge is 0.408 e. The summed E-state index contributed by atoms with van der Waals surface area (Å²) in [4.78, 5) is 11.4. The fourth-order valence-electron chi connectivity index (χ4n) is 1.32. The number of nitrogens with two attached hydrogens (primary N) is 1. The van der Waals surface area contributed by atoms with Crippen molar-refractivity contribution in [3.05, 3.63) is 5.89 Å². The topological polar surface area (TPSA) is 94.0 Å². The fraction of sp³-hybridized carbons (Fsp3) is 0.700. The lowest BCUT2D eigenvalue weighted by Crippen LogP contribution is -2.19. The van der Waals surface area contributed by atoms with Gasteiger partial charge in [-0.3, -0.25) is 10.1 Å². The van der Waals surface area contributed by atoms with Crippen LogP contribution in [0.3, 0.4) is 0 Å². The van der Waals surface area contributed by atoms with Gasteiger partial charge in [-0.1, -0.05) is 5.10 Å². The number of aromatic nitrogens is 2. The molecule has 1 aromatic rings. The molecule has 1 aliphatic carbocycles. The predicted octanol–water partition coefficient (Wildman–Crippen LogP) is 1.01. The quantitative estimate of drug-likeness (QED) is 0.778. The first-order chi connectivity index (χ1) is 7.65. The van der Waals surface area contributed by atoms with Crippen LogP contribution in [0.5, 0.6) is 0 Å². The number of hydrogen-bond donors (Lipinski definition) is 2. The van der Waals surface area contributed by atoms with Gasteiger partial charge in [-0.05, 0) is 26.2 Å². The van der Waals surface area contributed by atoms with Gasteiger partial charge in [0.05, 0.1) is 0 Å². The number of rotatable bonds is 5. The van der Waals surface area contributed by atoms with E-state index in [0.717, 1.165) is 12.8 Å². The van der Waals surface area contributed by atoms with E-state index >= 15 is 0 Å². The third-order valence-electron chi connectivity index (χ3n) is 2.44. The molecule has 88 valence electrons. The Balaban J connectivity index is 1.80. The Kier molecular flexibility index (Phi) is 3.19. The molecule has 6 nitrogen and oxygen atoms in total. The molecule has 1 unspecified atom stereocenters. The van der Waals surface area contributed by atoms with E-state index in [9.17, 15) is 4.79 Å². The van der Waals surface area contributed by atoms with Crippen molar-refractivity contribution in [1.82, 2.24) is 10.2 Å². The number of anilines is 1. The Morgan fingerprint density at radius 1 is 1.62 bits per heavy atom. The molecule has 1 aromatic heterocycles. The van der Waals surface area contributed by atoms with Crippen molar-refractivity contribution >= 4 is 11.9 Å². The number of hydrogen-bond acceptors (Lipinski definition) is 5. The molecule has 0 saturated heterocycles. The summed E-state index contributed by atoms with van der Waals surface area (Å²) in [6, 6.07) is 0.215. The zero-order valence-electron chi connectivity index (χ0n) is 9.27. The van der Waals surface area contributed by atoms with Gasteiger partial charge in [0.25, 0.3) is 0 Å². The zero-order chi connectivity index (χ0) is 11.5. The number of carbonyl (C=O) groups excluding carboxylic acids is 1. The summed E-state index contributed by atoms with van der Waals surface area (Å²) in [6.45, 7) is 1.87. The van der Waals surface area contributed by atoms with Gasteiger partial charge in [0.1, 0.15) is 0 Å². The SMILES string of the molecule is CC(N)CCC(=O)Nc1nnc(C2CC2)o1. The van der Waals surface area contributed by atoms with Crippen LogP contribution in [-0.4, -0.2) is 22.1 Å². The van der Waals surface area contributed by atoms with Gasteiger partial charge in [-0.2, -0.15) is 0 Å². The second kappa shape index (κ2) is 4.61. The van der Waals surface area contributed by atoms with Crippen LogP contribution in [-0.2, 0) is 4.79 Å². The van der Waals surface area contributed by atoms with Crippen LogP contribution >= 0.6 is 0 Å². The van der Waals surface area contributed by atoms with Crippen LogP contribution in [0.4, 0.5) is 6.01 Å². The summed E-state index contributed by atoms with van der Waals surface area (Å²) < 4.78 is 5.30. The Morgan fingerprint density at radius 2 is 2.38 bits per heavy atom. The van der Waals surface area contributed by atoms with Crippen LogP contribution in [0.1, 0.15) is 44.4 Å². The minimum absolute atomic E-state index is 0.0236. The van der Waals surface area contributed by atoms with E-state index in [4.69, 9.17) is 10.2 Å². The predicted molar refractivity (Wildman–Crippen MR) is 57.8 cm³/mol. The van der Waals surface area contributed by atoms with E-state index in [-0.39, 0.29) is 18.0 Å². The van der Waals surface area contributed by atoms with E-state index in [1.54, 1.807) is 0 Å². The molecule has 1 amide bonds. The second-order valence-electron chi connectivity index (χ2n) is 4.28.